The second kappa shape index (κ2) is 10.6. The molecule has 2 amide bonds. The van der Waals surface area contributed by atoms with Crippen molar-refractivity contribution in [1.82, 2.24) is 4.90 Å². The van der Waals surface area contributed by atoms with Crippen molar-refractivity contribution in [2.75, 3.05) is 31.6 Å². The van der Waals surface area contributed by atoms with Crippen LogP contribution in [0.15, 0.2) is 24.3 Å². The molecule has 6 nitrogen and oxygen atoms in total. The van der Waals surface area contributed by atoms with Crippen molar-refractivity contribution in [2.45, 2.75) is 70.3 Å². The van der Waals surface area contributed by atoms with Gasteiger partial charge in [0.05, 0.1) is 0 Å². The van der Waals surface area contributed by atoms with Crippen molar-refractivity contribution in [1.29, 1.82) is 0 Å². The molecule has 0 radical (unpaired) electrons. The first-order valence-corrected chi connectivity index (χ1v) is 11.1. The molecule has 1 aliphatic heterocycles. The van der Waals surface area contributed by atoms with E-state index in [4.69, 9.17) is 9.47 Å². The lowest BCUT2D eigenvalue weighted by molar-refractivity contribution is -0.146. The molecular formula is C23H34N2O4. The van der Waals surface area contributed by atoms with E-state index in [1.807, 2.05) is 17.0 Å². The number of anilines is 1. The molecule has 6 heteroatoms. The molecule has 1 saturated carbocycles. The topological polar surface area (TPSA) is 67.9 Å². The molecular weight excluding hydrogens is 368 g/mol. The van der Waals surface area contributed by atoms with Gasteiger partial charge < -0.3 is 19.7 Å². The summed E-state index contributed by atoms with van der Waals surface area (Å²) in [6.07, 6.45) is 9.00. The molecule has 1 saturated heterocycles. The van der Waals surface area contributed by atoms with Crippen molar-refractivity contribution in [2.24, 2.45) is 0 Å². The van der Waals surface area contributed by atoms with Crippen molar-refractivity contribution >= 4 is 17.5 Å². The first kappa shape index (κ1) is 21.6. The second-order valence-corrected chi connectivity index (χ2v) is 8.11. The number of likely N-dealkylation sites (tertiary alicyclic amines) is 1. The highest BCUT2D eigenvalue weighted by Crippen LogP contribution is 2.33. The van der Waals surface area contributed by atoms with E-state index >= 15 is 0 Å². The van der Waals surface area contributed by atoms with Gasteiger partial charge in [0.25, 0.3) is 11.8 Å². The summed E-state index contributed by atoms with van der Waals surface area (Å²) in [5.74, 6) is 0.608. The number of nitrogens with zero attached hydrogens (tertiary/aromatic N) is 1. The Labute approximate surface area is 173 Å². The van der Waals surface area contributed by atoms with E-state index in [1.165, 1.54) is 6.42 Å². The monoisotopic (exact) mass is 402 g/mol. The fourth-order valence-corrected chi connectivity index (χ4v) is 4.12. The maximum atomic E-state index is 13.0. The lowest BCUT2D eigenvalue weighted by atomic mass is 9.83. The van der Waals surface area contributed by atoms with Gasteiger partial charge in [-0.1, -0.05) is 26.2 Å². The maximum Gasteiger partial charge on any atom is 0.260 e. The Morgan fingerprint density at radius 2 is 1.66 bits per heavy atom. The first-order chi connectivity index (χ1) is 14.1. The molecule has 0 atom stereocenters. The molecule has 2 aliphatic rings. The van der Waals surface area contributed by atoms with E-state index in [0.717, 1.165) is 70.1 Å². The Morgan fingerprint density at radius 3 is 2.31 bits per heavy atom. The number of benzene rings is 1. The highest BCUT2D eigenvalue weighted by molar-refractivity contribution is 5.97. The smallest absolute Gasteiger partial charge is 0.260 e. The maximum absolute atomic E-state index is 13.0. The molecule has 2 fully saturated rings. The van der Waals surface area contributed by atoms with Gasteiger partial charge in [0.2, 0.25) is 0 Å². The van der Waals surface area contributed by atoms with Gasteiger partial charge in [0, 0.05) is 25.4 Å². The number of rotatable bonds is 8. The molecule has 1 heterocycles. The Kier molecular flexibility index (Phi) is 7.92. The molecule has 1 aromatic carbocycles. The van der Waals surface area contributed by atoms with Gasteiger partial charge in [-0.05, 0) is 62.8 Å². The van der Waals surface area contributed by atoms with Crippen LogP contribution < -0.4 is 10.1 Å². The van der Waals surface area contributed by atoms with Crippen molar-refractivity contribution in [3.8, 4) is 5.75 Å². The zero-order chi connectivity index (χ0) is 20.5. The third-order valence-corrected chi connectivity index (χ3v) is 5.84. The number of ether oxygens (including phenoxy) is 2. The predicted molar refractivity (Wildman–Crippen MR) is 113 cm³/mol. The SMILES string of the molecule is CCCOC1(C(=O)Nc2ccc(OCC(=O)N3CCCCC3)cc2)CCCCC1. The molecule has 1 aliphatic carbocycles. The number of piperidine rings is 1. The Hall–Kier alpha value is -2.08. The molecule has 0 unspecified atom stereocenters. The summed E-state index contributed by atoms with van der Waals surface area (Å²) >= 11 is 0. The van der Waals surface area contributed by atoms with E-state index in [-0.39, 0.29) is 18.4 Å². The summed E-state index contributed by atoms with van der Waals surface area (Å²) in [6, 6.07) is 7.21. The quantitative estimate of drug-likeness (QED) is 0.709. The summed E-state index contributed by atoms with van der Waals surface area (Å²) < 4.78 is 11.7. The number of carbonyl (C=O) groups excluding carboxylic acids is 2. The number of hydrogen-bond acceptors (Lipinski definition) is 4. The lowest BCUT2D eigenvalue weighted by Crippen LogP contribution is -2.47. The molecule has 0 aromatic heterocycles. The third kappa shape index (κ3) is 5.95. The summed E-state index contributed by atoms with van der Waals surface area (Å²) in [5, 5.41) is 3.01. The third-order valence-electron chi connectivity index (χ3n) is 5.84. The highest BCUT2D eigenvalue weighted by atomic mass is 16.5. The number of carbonyl (C=O) groups is 2. The molecule has 0 spiro atoms. The minimum Gasteiger partial charge on any atom is -0.484 e. The lowest BCUT2D eigenvalue weighted by Gasteiger charge is -2.35. The number of nitrogens with one attached hydrogen (secondary N) is 1. The van der Waals surface area contributed by atoms with Crippen LogP contribution in [-0.2, 0) is 14.3 Å². The van der Waals surface area contributed by atoms with Crippen LogP contribution >= 0.6 is 0 Å². The van der Waals surface area contributed by atoms with Crippen LogP contribution in [0.4, 0.5) is 5.69 Å². The summed E-state index contributed by atoms with van der Waals surface area (Å²) in [4.78, 5) is 27.0. The molecule has 0 bridgehead atoms. The molecule has 3 rings (SSSR count). The number of hydrogen-bond donors (Lipinski definition) is 1. The standard InChI is InChI=1S/C23H34N2O4/c1-2-17-29-23(13-5-3-6-14-23)22(27)24-19-9-11-20(12-10-19)28-18-21(26)25-15-7-4-8-16-25/h9-12H,2-8,13-18H2,1H3,(H,24,27). The predicted octanol–water partition coefficient (Wildman–Crippen LogP) is 4.15. The fraction of sp³-hybridized carbons (Fsp3) is 0.652. The first-order valence-electron chi connectivity index (χ1n) is 11.1. The van der Waals surface area contributed by atoms with Crippen LogP contribution in [-0.4, -0.2) is 48.6 Å². The van der Waals surface area contributed by atoms with Crippen molar-refractivity contribution in [3.63, 3.8) is 0 Å². The van der Waals surface area contributed by atoms with Gasteiger partial charge in [-0.3, -0.25) is 9.59 Å². The van der Waals surface area contributed by atoms with Crippen LogP contribution in [0.2, 0.25) is 0 Å². The van der Waals surface area contributed by atoms with Crippen molar-refractivity contribution < 1.29 is 19.1 Å². The van der Waals surface area contributed by atoms with Gasteiger partial charge in [0.1, 0.15) is 11.4 Å². The van der Waals surface area contributed by atoms with E-state index in [0.29, 0.717) is 12.4 Å². The molecule has 1 aromatic rings. The van der Waals surface area contributed by atoms with Gasteiger partial charge in [-0.25, -0.2) is 0 Å². The van der Waals surface area contributed by atoms with E-state index in [9.17, 15) is 9.59 Å². The Bertz CT molecular complexity index is 662. The molecule has 160 valence electrons. The van der Waals surface area contributed by atoms with Crippen LogP contribution in [0.3, 0.4) is 0 Å². The molecule has 1 N–H and O–H groups in total. The van der Waals surface area contributed by atoms with Crippen LogP contribution in [0.25, 0.3) is 0 Å². The minimum absolute atomic E-state index is 0.0365. The zero-order valence-electron chi connectivity index (χ0n) is 17.6. The van der Waals surface area contributed by atoms with Gasteiger partial charge in [-0.15, -0.1) is 0 Å². The summed E-state index contributed by atoms with van der Waals surface area (Å²) in [6.45, 7) is 4.37. The van der Waals surface area contributed by atoms with E-state index < -0.39 is 5.60 Å². The van der Waals surface area contributed by atoms with Gasteiger partial charge in [0.15, 0.2) is 6.61 Å². The average molecular weight is 403 g/mol. The zero-order valence-corrected chi connectivity index (χ0v) is 17.6. The van der Waals surface area contributed by atoms with E-state index in [2.05, 4.69) is 12.2 Å². The summed E-state index contributed by atoms with van der Waals surface area (Å²) in [7, 11) is 0. The van der Waals surface area contributed by atoms with Crippen molar-refractivity contribution in [3.05, 3.63) is 24.3 Å². The largest absolute Gasteiger partial charge is 0.484 e. The van der Waals surface area contributed by atoms with Gasteiger partial charge in [-0.2, -0.15) is 0 Å². The Morgan fingerprint density at radius 1 is 1.00 bits per heavy atom. The Balaban J connectivity index is 1.52. The minimum atomic E-state index is -0.704. The number of amides is 2. The summed E-state index contributed by atoms with van der Waals surface area (Å²) in [5.41, 5.74) is 0.0133. The average Bonchev–Trinajstić information content (AvgIpc) is 2.78. The van der Waals surface area contributed by atoms with Crippen LogP contribution in [0, 0.1) is 0 Å². The second-order valence-electron chi connectivity index (χ2n) is 8.11. The van der Waals surface area contributed by atoms with Crippen LogP contribution in [0.5, 0.6) is 5.75 Å². The molecule has 29 heavy (non-hydrogen) atoms. The fourth-order valence-electron chi connectivity index (χ4n) is 4.12. The van der Waals surface area contributed by atoms with Gasteiger partial charge >= 0.3 is 0 Å². The normalized spacial score (nSPS) is 18.9. The highest BCUT2D eigenvalue weighted by Gasteiger charge is 2.40. The van der Waals surface area contributed by atoms with E-state index in [1.54, 1.807) is 12.1 Å². The van der Waals surface area contributed by atoms with Crippen LogP contribution in [0.1, 0.15) is 64.7 Å².